The molecule has 166 valence electrons. The summed E-state index contributed by atoms with van der Waals surface area (Å²) in [6.07, 6.45) is 5.60. The summed E-state index contributed by atoms with van der Waals surface area (Å²) in [7, 11) is 0. The van der Waals surface area contributed by atoms with Gasteiger partial charge in [0.25, 0.3) is 0 Å². The molecule has 1 saturated heterocycles. The normalized spacial score (nSPS) is 19.4. The molecule has 0 spiro atoms. The Kier molecular flexibility index (Phi) is 6.50. The summed E-state index contributed by atoms with van der Waals surface area (Å²) >= 11 is 0. The number of hydrogen-bond donors (Lipinski definition) is 2. The van der Waals surface area contributed by atoms with Gasteiger partial charge >= 0.3 is 5.69 Å². The predicted molar refractivity (Wildman–Crippen MR) is 116 cm³/mol. The zero-order valence-corrected chi connectivity index (χ0v) is 17.8. The molecule has 1 atom stereocenters. The third kappa shape index (κ3) is 5.04. The molecule has 0 radical (unpaired) electrons. The molecule has 0 bridgehead atoms. The van der Waals surface area contributed by atoms with Crippen LogP contribution in [0.4, 0.5) is 5.69 Å². The van der Waals surface area contributed by atoms with Crippen LogP contribution in [-0.4, -0.2) is 44.2 Å². The van der Waals surface area contributed by atoms with E-state index < -0.39 is 0 Å². The van der Waals surface area contributed by atoms with Gasteiger partial charge in [0.2, 0.25) is 11.8 Å². The highest BCUT2D eigenvalue weighted by molar-refractivity contribution is 5.91. The molecule has 3 N–H and O–H groups in total. The Morgan fingerprint density at radius 1 is 1.13 bits per heavy atom. The van der Waals surface area contributed by atoms with Crippen LogP contribution in [0.15, 0.2) is 29.1 Å². The molecular formula is C22H30N6O3. The van der Waals surface area contributed by atoms with Crippen LogP contribution in [0.3, 0.4) is 0 Å². The highest BCUT2D eigenvalue weighted by Gasteiger charge is 2.24. The Morgan fingerprint density at radius 3 is 2.81 bits per heavy atom. The molecule has 9 nitrogen and oxygen atoms in total. The summed E-state index contributed by atoms with van der Waals surface area (Å²) in [6.45, 7) is 2.70. The summed E-state index contributed by atoms with van der Waals surface area (Å²) in [4.78, 5) is 39.1. The summed E-state index contributed by atoms with van der Waals surface area (Å²) in [5.41, 5.74) is 6.95. The molecule has 1 unspecified atom stereocenters. The van der Waals surface area contributed by atoms with Crippen molar-refractivity contribution in [3.05, 3.63) is 46.1 Å². The number of nitrogens with one attached hydrogen (secondary N) is 1. The fraction of sp³-hybridized carbons (Fsp3) is 0.545. The second kappa shape index (κ2) is 9.47. The van der Waals surface area contributed by atoms with Crippen molar-refractivity contribution in [1.29, 1.82) is 0 Å². The smallest absolute Gasteiger partial charge is 0.346 e. The lowest BCUT2D eigenvalue weighted by atomic mass is 9.97. The minimum absolute atomic E-state index is 0.110. The third-order valence-electron chi connectivity index (χ3n) is 6.17. The molecular weight excluding hydrogens is 396 g/mol. The van der Waals surface area contributed by atoms with Crippen molar-refractivity contribution in [3.63, 3.8) is 0 Å². The number of aromatic nitrogens is 3. The quantitative estimate of drug-likeness (QED) is 0.718. The number of primary amides is 1. The lowest BCUT2D eigenvalue weighted by Crippen LogP contribution is -2.40. The number of para-hydroxylation sites is 1. The number of nitrogens with two attached hydrogens (primary N) is 1. The Hall–Kier alpha value is -2.94. The number of nitrogens with zero attached hydrogens (tertiary/aromatic N) is 4. The van der Waals surface area contributed by atoms with Crippen molar-refractivity contribution in [3.8, 4) is 0 Å². The van der Waals surface area contributed by atoms with Gasteiger partial charge in [0.1, 0.15) is 12.4 Å². The summed E-state index contributed by atoms with van der Waals surface area (Å²) in [5, 5.41) is 7.32. The molecule has 2 aliphatic rings. The second-order valence-electron chi connectivity index (χ2n) is 8.50. The maximum atomic E-state index is 12.7. The fourth-order valence-electron chi connectivity index (χ4n) is 4.51. The summed E-state index contributed by atoms with van der Waals surface area (Å²) in [6, 6.07) is 7.62. The molecule has 4 rings (SSSR count). The number of benzene rings is 1. The number of likely N-dealkylation sites (tertiary alicyclic amines) is 1. The molecule has 31 heavy (non-hydrogen) atoms. The van der Waals surface area contributed by atoms with Crippen LogP contribution in [0, 0.1) is 5.92 Å². The Balaban J connectivity index is 1.42. The van der Waals surface area contributed by atoms with Gasteiger partial charge in [0.15, 0.2) is 0 Å². The monoisotopic (exact) mass is 426 g/mol. The lowest BCUT2D eigenvalue weighted by Gasteiger charge is -2.31. The summed E-state index contributed by atoms with van der Waals surface area (Å²) < 4.78 is 2.96. The Labute approximate surface area is 181 Å². The minimum Gasteiger partial charge on any atom is -0.369 e. The van der Waals surface area contributed by atoms with Gasteiger partial charge in [-0.3, -0.25) is 19.1 Å². The number of amides is 2. The van der Waals surface area contributed by atoms with E-state index in [2.05, 4.69) is 15.3 Å². The molecule has 1 aromatic carbocycles. The summed E-state index contributed by atoms with van der Waals surface area (Å²) in [5.74, 6) is 0.106. The van der Waals surface area contributed by atoms with Gasteiger partial charge < -0.3 is 11.1 Å². The molecule has 1 fully saturated rings. The van der Waals surface area contributed by atoms with E-state index in [4.69, 9.17) is 5.73 Å². The largest absolute Gasteiger partial charge is 0.369 e. The highest BCUT2D eigenvalue weighted by atomic mass is 16.2. The maximum absolute atomic E-state index is 12.7. The number of hydrogen-bond acceptors (Lipinski definition) is 5. The van der Waals surface area contributed by atoms with Crippen LogP contribution in [0.25, 0.3) is 0 Å². The molecule has 0 saturated carbocycles. The average molecular weight is 427 g/mol. The van der Waals surface area contributed by atoms with Gasteiger partial charge in [0, 0.05) is 31.7 Å². The van der Waals surface area contributed by atoms with E-state index in [1.54, 1.807) is 4.57 Å². The zero-order chi connectivity index (χ0) is 21.8. The van der Waals surface area contributed by atoms with Gasteiger partial charge in [-0.25, -0.2) is 9.48 Å². The Bertz CT molecular complexity index is 1010. The second-order valence-corrected chi connectivity index (χ2v) is 8.50. The molecule has 9 heteroatoms. The van der Waals surface area contributed by atoms with E-state index in [0.29, 0.717) is 25.3 Å². The topological polar surface area (TPSA) is 115 Å². The first-order valence-electron chi connectivity index (χ1n) is 11.1. The van der Waals surface area contributed by atoms with Gasteiger partial charge in [-0.2, -0.15) is 5.10 Å². The van der Waals surface area contributed by atoms with Gasteiger partial charge in [-0.05, 0) is 43.9 Å². The van der Waals surface area contributed by atoms with Crippen LogP contribution >= 0.6 is 0 Å². The number of anilines is 1. The van der Waals surface area contributed by atoms with Crippen molar-refractivity contribution in [1.82, 2.24) is 19.2 Å². The molecule has 2 aromatic rings. The number of carbonyl (C=O) groups excluding carboxylic acids is 2. The number of aryl methyl sites for hydroxylation is 1. The number of carbonyl (C=O) groups is 2. The maximum Gasteiger partial charge on any atom is 0.346 e. The molecule has 1 aromatic heterocycles. The van der Waals surface area contributed by atoms with Crippen LogP contribution in [-0.2, 0) is 35.6 Å². The van der Waals surface area contributed by atoms with Crippen molar-refractivity contribution in [2.24, 2.45) is 11.7 Å². The zero-order valence-electron chi connectivity index (χ0n) is 17.8. The number of rotatable bonds is 6. The highest BCUT2D eigenvalue weighted by Crippen LogP contribution is 2.22. The van der Waals surface area contributed by atoms with Crippen molar-refractivity contribution in [2.45, 2.75) is 58.2 Å². The van der Waals surface area contributed by atoms with Crippen molar-refractivity contribution >= 4 is 17.5 Å². The molecule has 2 amide bonds. The number of piperidine rings is 1. The van der Waals surface area contributed by atoms with E-state index in [1.165, 1.54) is 4.68 Å². The van der Waals surface area contributed by atoms with Crippen LogP contribution in [0.1, 0.15) is 43.5 Å². The van der Waals surface area contributed by atoms with E-state index in [0.717, 1.165) is 56.5 Å². The first-order chi connectivity index (χ1) is 15.0. The SMILES string of the molecule is NC(=O)C1CCCN(Cc2ccccc2NC(=O)Cn2nc3n(c2=O)CCCCC3)C1. The van der Waals surface area contributed by atoms with Gasteiger partial charge in [0.05, 0.1) is 5.92 Å². The number of fused-ring (bicyclic) bond motifs is 1. The Morgan fingerprint density at radius 2 is 1.97 bits per heavy atom. The van der Waals surface area contributed by atoms with Gasteiger partial charge in [-0.1, -0.05) is 24.6 Å². The van der Waals surface area contributed by atoms with Crippen molar-refractivity contribution < 1.29 is 9.59 Å². The molecule has 0 aliphatic carbocycles. The lowest BCUT2D eigenvalue weighted by molar-refractivity contribution is -0.123. The molecule has 2 aliphatic heterocycles. The van der Waals surface area contributed by atoms with Crippen LogP contribution in [0.2, 0.25) is 0 Å². The van der Waals surface area contributed by atoms with Crippen molar-refractivity contribution in [2.75, 3.05) is 18.4 Å². The third-order valence-corrected chi connectivity index (χ3v) is 6.17. The first kappa shape index (κ1) is 21.3. The van der Waals surface area contributed by atoms with E-state index >= 15 is 0 Å². The standard InChI is InChI=1S/C22H30N6O3/c23-21(30)17-8-6-11-26(14-17)13-16-7-3-4-9-18(16)24-20(29)15-28-22(31)27-12-5-1-2-10-19(27)25-28/h3-4,7,9,17H,1-2,5-6,8,10-15H2,(H2,23,30)(H,24,29). The minimum atomic E-state index is -0.281. The van der Waals surface area contributed by atoms with E-state index in [9.17, 15) is 14.4 Å². The van der Waals surface area contributed by atoms with Crippen LogP contribution in [0.5, 0.6) is 0 Å². The van der Waals surface area contributed by atoms with E-state index in [-0.39, 0.29) is 30.0 Å². The average Bonchev–Trinajstić information content (AvgIpc) is 2.91. The predicted octanol–water partition coefficient (Wildman–Crippen LogP) is 1.11. The van der Waals surface area contributed by atoms with Gasteiger partial charge in [-0.15, -0.1) is 0 Å². The molecule has 3 heterocycles. The van der Waals surface area contributed by atoms with E-state index in [1.807, 2.05) is 24.3 Å². The first-order valence-corrected chi connectivity index (χ1v) is 11.1. The van der Waals surface area contributed by atoms with Crippen LogP contribution < -0.4 is 16.7 Å². The fourth-order valence-corrected chi connectivity index (χ4v) is 4.51.